The van der Waals surface area contributed by atoms with E-state index in [0.717, 1.165) is 30.5 Å². The molecule has 1 saturated carbocycles. The van der Waals surface area contributed by atoms with E-state index >= 15 is 0 Å². The summed E-state index contributed by atoms with van der Waals surface area (Å²) in [5.41, 5.74) is 8.82. The van der Waals surface area contributed by atoms with Crippen LogP contribution < -0.4 is 16.4 Å². The van der Waals surface area contributed by atoms with Crippen LogP contribution in [-0.2, 0) is 9.53 Å². The number of imidazole rings is 1. The summed E-state index contributed by atoms with van der Waals surface area (Å²) in [6.07, 6.45) is 11.0. The Kier molecular flexibility index (Phi) is 9.08. The van der Waals surface area contributed by atoms with E-state index in [4.69, 9.17) is 15.9 Å². The van der Waals surface area contributed by atoms with Crippen LogP contribution in [0.1, 0.15) is 73.8 Å². The summed E-state index contributed by atoms with van der Waals surface area (Å²) >= 11 is 0. The third-order valence-electron chi connectivity index (χ3n) is 8.26. The number of nitrogens with two attached hydrogens (primary N) is 1. The maximum absolute atomic E-state index is 14.9. The lowest BCUT2D eigenvalue weighted by atomic mass is 9.73. The van der Waals surface area contributed by atoms with Crippen LogP contribution in [0.5, 0.6) is 0 Å². The molecule has 4 atom stereocenters. The van der Waals surface area contributed by atoms with Gasteiger partial charge >= 0.3 is 0 Å². The molecule has 9 nitrogen and oxygen atoms in total. The lowest BCUT2D eigenvalue weighted by molar-refractivity contribution is -0.120. The number of hydrogen-bond donors (Lipinski definition) is 5. The first-order valence-electron chi connectivity index (χ1n) is 14.3. The third kappa shape index (κ3) is 6.74. The molecule has 0 radical (unpaired) electrons. The van der Waals surface area contributed by atoms with Gasteiger partial charge in [-0.25, -0.2) is 13.8 Å². The minimum atomic E-state index is -0.748. The number of pyridine rings is 1. The summed E-state index contributed by atoms with van der Waals surface area (Å²) in [4.78, 5) is 23.4. The number of aromatic amines is 1. The molecule has 11 heteroatoms. The number of halogens is 2. The maximum atomic E-state index is 14.9. The molecule has 0 unspecified atom stereocenters. The first-order chi connectivity index (χ1) is 20.2. The molecular weight excluding hydrogens is 540 g/mol. The Morgan fingerprint density at radius 1 is 1.17 bits per heavy atom. The number of benzene rings is 1. The van der Waals surface area contributed by atoms with Crippen molar-refractivity contribution in [1.82, 2.24) is 20.3 Å². The SMILES string of the molecule is CC(=O)N[C@@H]1[C@H](N)C[C@H](c2ccncc2Nc2ncc(/C=C\C(=N)c3c(F)cc(C4CCOCC4)cc3F)[nH]2)C[C@@H]1C. The largest absolute Gasteiger partial charge is 0.381 e. The number of rotatable bonds is 8. The third-order valence-corrected chi connectivity index (χ3v) is 8.26. The first-order valence-corrected chi connectivity index (χ1v) is 14.3. The number of allylic oxidation sites excluding steroid dienone is 1. The predicted molar refractivity (Wildman–Crippen MR) is 158 cm³/mol. The molecule has 1 amide bonds. The van der Waals surface area contributed by atoms with Crippen LogP contribution in [-0.4, -0.2) is 51.9 Å². The molecule has 6 N–H and O–H groups in total. The van der Waals surface area contributed by atoms with Crippen molar-refractivity contribution in [1.29, 1.82) is 5.41 Å². The molecule has 3 aromatic rings. The van der Waals surface area contributed by atoms with E-state index in [1.54, 1.807) is 24.7 Å². The molecule has 2 fully saturated rings. The first kappa shape index (κ1) is 29.5. The highest BCUT2D eigenvalue weighted by Crippen LogP contribution is 2.39. The minimum absolute atomic E-state index is 0.0525. The Morgan fingerprint density at radius 2 is 1.90 bits per heavy atom. The summed E-state index contributed by atoms with van der Waals surface area (Å²) in [5.74, 6) is -0.696. The molecule has 0 spiro atoms. The van der Waals surface area contributed by atoms with Gasteiger partial charge in [0.25, 0.3) is 0 Å². The molecule has 1 aromatic carbocycles. The highest BCUT2D eigenvalue weighted by Gasteiger charge is 2.35. The lowest BCUT2D eigenvalue weighted by Crippen LogP contribution is -2.54. The minimum Gasteiger partial charge on any atom is -0.381 e. The Balaban J connectivity index is 1.26. The number of ether oxygens (including phenoxy) is 1. The molecule has 2 aliphatic rings. The normalized spacial score (nSPS) is 23.2. The predicted octanol–water partition coefficient (Wildman–Crippen LogP) is 5.15. The van der Waals surface area contributed by atoms with Crippen LogP contribution in [0, 0.1) is 23.0 Å². The maximum Gasteiger partial charge on any atom is 0.217 e. The number of nitrogens with one attached hydrogen (secondary N) is 4. The molecule has 42 heavy (non-hydrogen) atoms. The molecule has 222 valence electrons. The van der Waals surface area contributed by atoms with E-state index in [1.807, 2.05) is 6.07 Å². The molecular formula is C31H37F2N7O2. The van der Waals surface area contributed by atoms with Gasteiger partial charge in [-0.1, -0.05) is 6.92 Å². The average molecular weight is 578 g/mol. The zero-order valence-electron chi connectivity index (χ0n) is 23.8. The second-order valence-corrected chi connectivity index (χ2v) is 11.3. The summed E-state index contributed by atoms with van der Waals surface area (Å²) in [7, 11) is 0. The van der Waals surface area contributed by atoms with E-state index in [1.165, 1.54) is 25.1 Å². The van der Waals surface area contributed by atoms with Crippen LogP contribution >= 0.6 is 0 Å². The van der Waals surface area contributed by atoms with Gasteiger partial charge in [0.1, 0.15) is 11.6 Å². The van der Waals surface area contributed by atoms with Crippen LogP contribution in [0.4, 0.5) is 20.4 Å². The summed E-state index contributed by atoms with van der Waals surface area (Å²) < 4.78 is 35.1. The zero-order chi connectivity index (χ0) is 29.8. The Labute approximate surface area is 243 Å². The van der Waals surface area contributed by atoms with Gasteiger partial charge < -0.3 is 31.5 Å². The van der Waals surface area contributed by atoms with Crippen LogP contribution in [0.3, 0.4) is 0 Å². The summed E-state index contributed by atoms with van der Waals surface area (Å²) in [6, 6.07) is 4.39. The standard InChI is InChI=1S/C31H37F2N7O2/c1-17-11-21(14-27(35)30(17)38-18(2)41)23-5-8-36-16-28(23)40-31-37-15-22(39-31)3-4-26(34)29-24(32)12-20(13-25(29)33)19-6-9-42-10-7-19/h3-5,8,12-13,15-17,19,21,27,30,34H,6-7,9-11,14,35H2,1-2H3,(H,38,41)(H2,37,39,40)/b4-3-,34-26?/t17-,21+,27+,30-/m0/s1. The number of hydrogen-bond acceptors (Lipinski definition) is 7. The fourth-order valence-corrected chi connectivity index (χ4v) is 6.18. The van der Waals surface area contributed by atoms with Gasteiger partial charge in [0.05, 0.1) is 35.1 Å². The van der Waals surface area contributed by atoms with Gasteiger partial charge in [0, 0.05) is 38.4 Å². The highest BCUT2D eigenvalue weighted by atomic mass is 19.1. The van der Waals surface area contributed by atoms with E-state index in [9.17, 15) is 13.6 Å². The number of H-pyrrole nitrogens is 1. The van der Waals surface area contributed by atoms with Gasteiger partial charge in [-0.05, 0) is 84.9 Å². The smallest absolute Gasteiger partial charge is 0.217 e. The van der Waals surface area contributed by atoms with Gasteiger partial charge in [0.2, 0.25) is 11.9 Å². The molecule has 1 aliphatic heterocycles. The quantitative estimate of drug-likeness (QED) is 0.235. The van der Waals surface area contributed by atoms with Crippen LogP contribution in [0.15, 0.2) is 42.9 Å². The fourth-order valence-electron chi connectivity index (χ4n) is 6.18. The van der Waals surface area contributed by atoms with Gasteiger partial charge in [-0.3, -0.25) is 9.78 Å². The number of amides is 1. The van der Waals surface area contributed by atoms with Crippen molar-refractivity contribution in [2.75, 3.05) is 18.5 Å². The lowest BCUT2D eigenvalue weighted by Gasteiger charge is -2.39. The van der Waals surface area contributed by atoms with Crippen molar-refractivity contribution in [3.8, 4) is 0 Å². The van der Waals surface area contributed by atoms with E-state index in [2.05, 4.69) is 32.5 Å². The van der Waals surface area contributed by atoms with E-state index in [0.29, 0.717) is 36.8 Å². The second kappa shape index (κ2) is 12.9. The number of aromatic nitrogens is 3. The molecule has 3 heterocycles. The average Bonchev–Trinajstić information content (AvgIpc) is 3.41. The number of carbonyl (C=O) groups is 1. The van der Waals surface area contributed by atoms with Crippen molar-refractivity contribution in [3.05, 3.63) is 76.9 Å². The van der Waals surface area contributed by atoms with Gasteiger partial charge in [0.15, 0.2) is 0 Å². The molecule has 0 bridgehead atoms. The van der Waals surface area contributed by atoms with Crippen molar-refractivity contribution >= 4 is 29.3 Å². The molecule has 1 aliphatic carbocycles. The number of carbonyl (C=O) groups excluding carboxylic acids is 1. The Morgan fingerprint density at radius 3 is 2.60 bits per heavy atom. The fraction of sp³-hybridized carbons (Fsp3) is 0.419. The monoisotopic (exact) mass is 577 g/mol. The van der Waals surface area contributed by atoms with Crippen LogP contribution in [0.25, 0.3) is 6.08 Å². The topological polar surface area (TPSA) is 142 Å². The number of anilines is 2. The van der Waals surface area contributed by atoms with Crippen molar-refractivity contribution in [2.45, 2.75) is 63.5 Å². The molecule has 1 saturated heterocycles. The van der Waals surface area contributed by atoms with Crippen LogP contribution in [0.2, 0.25) is 0 Å². The Bertz CT molecular complexity index is 1430. The van der Waals surface area contributed by atoms with E-state index < -0.39 is 11.6 Å². The Hall–Kier alpha value is -3.96. The molecule has 2 aromatic heterocycles. The summed E-state index contributed by atoms with van der Waals surface area (Å²) in [5, 5.41) is 14.6. The summed E-state index contributed by atoms with van der Waals surface area (Å²) in [6.45, 7) is 4.76. The zero-order valence-corrected chi connectivity index (χ0v) is 23.8. The molecule has 5 rings (SSSR count). The van der Waals surface area contributed by atoms with Crippen molar-refractivity contribution in [2.24, 2.45) is 11.7 Å². The van der Waals surface area contributed by atoms with Gasteiger partial charge in [-0.15, -0.1) is 0 Å². The van der Waals surface area contributed by atoms with Crippen molar-refractivity contribution < 1.29 is 18.3 Å². The second-order valence-electron chi connectivity index (χ2n) is 11.3. The van der Waals surface area contributed by atoms with Crippen molar-refractivity contribution in [3.63, 3.8) is 0 Å². The van der Waals surface area contributed by atoms with E-state index in [-0.39, 0.29) is 47.0 Å². The highest BCUT2D eigenvalue weighted by molar-refractivity contribution is 6.09. The number of nitrogens with zero attached hydrogens (tertiary/aromatic N) is 2. The van der Waals surface area contributed by atoms with Gasteiger partial charge in [-0.2, -0.15) is 0 Å².